The molecule has 4 nitrogen and oxygen atoms in total. The first-order valence-electron chi connectivity index (χ1n) is 10.6. The number of amides is 1. The van der Waals surface area contributed by atoms with Crippen molar-refractivity contribution in [2.75, 3.05) is 5.01 Å². The van der Waals surface area contributed by atoms with Gasteiger partial charge in [0.2, 0.25) is 0 Å². The van der Waals surface area contributed by atoms with Crippen LogP contribution in [0.1, 0.15) is 50.2 Å². The van der Waals surface area contributed by atoms with E-state index in [0.29, 0.717) is 5.57 Å². The average molecular weight is 412 g/mol. The van der Waals surface area contributed by atoms with Crippen molar-refractivity contribution in [2.24, 2.45) is 5.10 Å². The van der Waals surface area contributed by atoms with Crippen LogP contribution in [0.2, 0.25) is 0 Å². The molecular formula is C27H29N3O. The van der Waals surface area contributed by atoms with Gasteiger partial charge in [-0.3, -0.25) is 4.79 Å². The average Bonchev–Trinajstić information content (AvgIpc) is 3.18. The summed E-state index contributed by atoms with van der Waals surface area (Å²) in [6.07, 6.45) is 1.96. The molecule has 0 saturated carbocycles. The fourth-order valence-corrected chi connectivity index (χ4v) is 4.03. The number of aromatic nitrogens is 1. The summed E-state index contributed by atoms with van der Waals surface area (Å²) >= 11 is 0. The molecule has 4 rings (SSSR count). The Kier molecular flexibility index (Phi) is 5.18. The van der Waals surface area contributed by atoms with Gasteiger partial charge in [0.15, 0.2) is 0 Å². The standard InChI is InChI=1S/C27H29N3O/c1-18-16-21(20(3)29(18)23-14-12-22(13-15-23)27(4,5)6)17-25-19(2)28-30(26(25)31)24-10-8-7-9-11-24/h7-17H,1-6H3/b25-17+. The normalized spacial score (nSPS) is 15.7. The molecule has 1 aliphatic rings. The molecule has 1 aliphatic heterocycles. The van der Waals surface area contributed by atoms with Gasteiger partial charge >= 0.3 is 0 Å². The van der Waals surface area contributed by atoms with Gasteiger partial charge in [-0.2, -0.15) is 10.1 Å². The molecule has 0 N–H and O–H groups in total. The number of hydrogen-bond donors (Lipinski definition) is 0. The van der Waals surface area contributed by atoms with Crippen molar-refractivity contribution in [3.05, 3.63) is 88.8 Å². The number of nitrogens with zero attached hydrogens (tertiary/aromatic N) is 3. The molecule has 0 spiro atoms. The SMILES string of the molecule is CC1=NN(c2ccccc2)C(=O)/C1=C/c1cc(C)n(-c2ccc(C(C)(C)C)cc2)c1C. The zero-order chi connectivity index (χ0) is 22.3. The van der Waals surface area contributed by atoms with Crippen molar-refractivity contribution in [3.8, 4) is 5.69 Å². The van der Waals surface area contributed by atoms with Gasteiger partial charge in [0.05, 0.1) is 17.0 Å². The topological polar surface area (TPSA) is 37.6 Å². The van der Waals surface area contributed by atoms with E-state index in [0.717, 1.165) is 34.0 Å². The van der Waals surface area contributed by atoms with E-state index in [1.165, 1.54) is 10.6 Å². The first kappa shape index (κ1) is 20.9. The van der Waals surface area contributed by atoms with Crippen molar-refractivity contribution >= 4 is 23.4 Å². The molecule has 4 heteroatoms. The Balaban J connectivity index is 1.69. The summed E-state index contributed by atoms with van der Waals surface area (Å²) in [4.78, 5) is 13.1. The first-order valence-corrected chi connectivity index (χ1v) is 10.6. The maximum absolute atomic E-state index is 13.1. The number of benzene rings is 2. The molecule has 0 bridgehead atoms. The quantitative estimate of drug-likeness (QED) is 0.473. The van der Waals surface area contributed by atoms with Crippen LogP contribution < -0.4 is 5.01 Å². The number of para-hydroxylation sites is 1. The fraction of sp³-hybridized carbons (Fsp3) is 0.259. The Hall–Kier alpha value is -3.40. The number of hydrogen-bond acceptors (Lipinski definition) is 2. The molecule has 31 heavy (non-hydrogen) atoms. The highest BCUT2D eigenvalue weighted by atomic mass is 16.2. The molecule has 2 heterocycles. The zero-order valence-electron chi connectivity index (χ0n) is 19.1. The third-order valence-electron chi connectivity index (χ3n) is 5.82. The van der Waals surface area contributed by atoms with E-state index < -0.39 is 0 Å². The smallest absolute Gasteiger partial charge is 0.280 e. The van der Waals surface area contributed by atoms with Crippen LogP contribution >= 0.6 is 0 Å². The maximum Gasteiger partial charge on any atom is 0.280 e. The van der Waals surface area contributed by atoms with Gasteiger partial charge in [-0.25, -0.2) is 0 Å². The summed E-state index contributed by atoms with van der Waals surface area (Å²) in [5, 5.41) is 5.97. The van der Waals surface area contributed by atoms with Crippen LogP contribution in [0.4, 0.5) is 5.69 Å². The lowest BCUT2D eigenvalue weighted by molar-refractivity contribution is -0.114. The lowest BCUT2D eigenvalue weighted by Gasteiger charge is -2.20. The minimum Gasteiger partial charge on any atom is -0.318 e. The second-order valence-corrected chi connectivity index (χ2v) is 9.15. The molecule has 0 atom stereocenters. The van der Waals surface area contributed by atoms with Crippen molar-refractivity contribution in [1.82, 2.24) is 4.57 Å². The minimum absolute atomic E-state index is 0.0944. The Morgan fingerprint density at radius 1 is 0.871 bits per heavy atom. The Labute approximate surface area is 184 Å². The summed E-state index contributed by atoms with van der Waals surface area (Å²) in [7, 11) is 0. The zero-order valence-corrected chi connectivity index (χ0v) is 19.1. The Bertz CT molecular complexity index is 1190. The van der Waals surface area contributed by atoms with Gasteiger partial charge in [-0.1, -0.05) is 51.1 Å². The van der Waals surface area contributed by atoms with E-state index in [4.69, 9.17) is 0 Å². The monoisotopic (exact) mass is 411 g/mol. The van der Waals surface area contributed by atoms with Crippen LogP contribution in [0, 0.1) is 13.8 Å². The third kappa shape index (κ3) is 3.86. The molecule has 3 aromatic rings. The van der Waals surface area contributed by atoms with Gasteiger partial charge in [0.25, 0.3) is 5.91 Å². The van der Waals surface area contributed by atoms with Gasteiger partial charge in [0.1, 0.15) is 0 Å². The molecule has 0 unspecified atom stereocenters. The molecule has 1 aromatic heterocycles. The molecule has 0 aliphatic carbocycles. The fourth-order valence-electron chi connectivity index (χ4n) is 4.03. The number of carbonyl (C=O) groups excluding carboxylic acids is 1. The predicted molar refractivity (Wildman–Crippen MR) is 129 cm³/mol. The maximum atomic E-state index is 13.1. The molecule has 158 valence electrons. The number of carbonyl (C=O) groups is 1. The summed E-state index contributed by atoms with van der Waals surface area (Å²) in [5.41, 5.74) is 7.97. The van der Waals surface area contributed by atoms with E-state index in [9.17, 15) is 4.79 Å². The Morgan fingerprint density at radius 3 is 2.13 bits per heavy atom. The number of aryl methyl sites for hydroxylation is 1. The van der Waals surface area contributed by atoms with E-state index in [1.54, 1.807) is 0 Å². The predicted octanol–water partition coefficient (Wildman–Crippen LogP) is 6.20. The van der Waals surface area contributed by atoms with Crippen LogP contribution in [0.3, 0.4) is 0 Å². The minimum atomic E-state index is -0.0944. The molecule has 1 amide bonds. The third-order valence-corrected chi connectivity index (χ3v) is 5.82. The van der Waals surface area contributed by atoms with Crippen molar-refractivity contribution in [3.63, 3.8) is 0 Å². The highest BCUT2D eigenvalue weighted by Crippen LogP contribution is 2.29. The van der Waals surface area contributed by atoms with E-state index in [1.807, 2.05) is 43.3 Å². The highest BCUT2D eigenvalue weighted by molar-refractivity contribution is 6.32. The van der Waals surface area contributed by atoms with Gasteiger partial charge < -0.3 is 4.57 Å². The van der Waals surface area contributed by atoms with E-state index in [-0.39, 0.29) is 11.3 Å². The molecular weight excluding hydrogens is 382 g/mol. The lowest BCUT2D eigenvalue weighted by Crippen LogP contribution is -2.21. The summed E-state index contributed by atoms with van der Waals surface area (Å²) < 4.78 is 2.24. The molecule has 0 fully saturated rings. The number of hydrazone groups is 1. The van der Waals surface area contributed by atoms with Crippen LogP contribution in [0.25, 0.3) is 11.8 Å². The van der Waals surface area contributed by atoms with Crippen LogP contribution in [0.5, 0.6) is 0 Å². The second-order valence-electron chi connectivity index (χ2n) is 9.15. The molecule has 0 saturated heterocycles. The van der Waals surface area contributed by atoms with E-state index in [2.05, 4.69) is 74.6 Å². The summed E-state index contributed by atoms with van der Waals surface area (Å²) in [5.74, 6) is -0.0944. The summed E-state index contributed by atoms with van der Waals surface area (Å²) in [6.45, 7) is 12.7. The van der Waals surface area contributed by atoms with Gasteiger partial charge in [-0.15, -0.1) is 0 Å². The lowest BCUT2D eigenvalue weighted by atomic mass is 9.87. The van der Waals surface area contributed by atoms with Crippen LogP contribution in [-0.2, 0) is 10.2 Å². The van der Waals surface area contributed by atoms with Gasteiger partial charge in [0, 0.05) is 17.1 Å². The number of anilines is 1. The van der Waals surface area contributed by atoms with Gasteiger partial charge in [-0.05, 0) is 73.7 Å². The van der Waals surface area contributed by atoms with Crippen LogP contribution in [-0.4, -0.2) is 16.2 Å². The highest BCUT2D eigenvalue weighted by Gasteiger charge is 2.29. The Morgan fingerprint density at radius 2 is 1.52 bits per heavy atom. The second kappa shape index (κ2) is 7.69. The first-order chi connectivity index (χ1) is 14.7. The number of rotatable bonds is 3. The van der Waals surface area contributed by atoms with Crippen molar-refractivity contribution < 1.29 is 4.79 Å². The van der Waals surface area contributed by atoms with E-state index >= 15 is 0 Å². The van der Waals surface area contributed by atoms with Crippen LogP contribution in [0.15, 0.2) is 71.3 Å². The molecule has 0 radical (unpaired) electrons. The largest absolute Gasteiger partial charge is 0.318 e. The van der Waals surface area contributed by atoms with Crippen molar-refractivity contribution in [1.29, 1.82) is 0 Å². The van der Waals surface area contributed by atoms with Crippen molar-refractivity contribution in [2.45, 2.75) is 47.0 Å². The molecule has 2 aromatic carbocycles. The summed E-state index contributed by atoms with van der Waals surface area (Å²) in [6, 6.07) is 20.4.